The molecule has 1 atom stereocenters. The molecule has 2 heterocycles. The molecule has 2 aliphatic heterocycles. The summed E-state index contributed by atoms with van der Waals surface area (Å²) in [6, 6.07) is 0.439. The van der Waals surface area contributed by atoms with Crippen LogP contribution in [0.2, 0.25) is 0 Å². The maximum atomic E-state index is 12.1. The fraction of sp³-hybridized carbons (Fsp3) is 0.923. The number of piperidine rings is 1. The van der Waals surface area contributed by atoms with Crippen molar-refractivity contribution in [1.82, 2.24) is 15.1 Å². The highest BCUT2D eigenvalue weighted by Gasteiger charge is 2.23. The predicted octanol–water partition coefficient (Wildman–Crippen LogP) is 0.960. The number of carbonyl (C=O) groups excluding carboxylic acids is 1. The normalized spacial score (nSPS) is 26.8. The van der Waals surface area contributed by atoms with Gasteiger partial charge in [-0.3, -0.25) is 9.69 Å². The fourth-order valence-corrected chi connectivity index (χ4v) is 2.67. The van der Waals surface area contributed by atoms with E-state index in [1.807, 2.05) is 4.90 Å². The Hall–Kier alpha value is -0.320. The van der Waals surface area contributed by atoms with E-state index >= 15 is 0 Å². The zero-order valence-corrected chi connectivity index (χ0v) is 12.3. The van der Waals surface area contributed by atoms with Crippen molar-refractivity contribution in [3.8, 4) is 0 Å². The van der Waals surface area contributed by atoms with Gasteiger partial charge < -0.3 is 10.2 Å². The number of halogens is 1. The Bertz CT molecular complexity index is 267. The van der Waals surface area contributed by atoms with Crippen molar-refractivity contribution in [1.29, 1.82) is 0 Å². The molecule has 1 amide bonds. The average molecular weight is 276 g/mol. The van der Waals surface area contributed by atoms with Gasteiger partial charge in [0.05, 0.1) is 6.54 Å². The summed E-state index contributed by atoms with van der Waals surface area (Å²) < 4.78 is 0. The molecular formula is C13H26ClN3O. The van der Waals surface area contributed by atoms with Crippen molar-refractivity contribution in [2.45, 2.75) is 32.7 Å². The van der Waals surface area contributed by atoms with E-state index in [0.717, 1.165) is 38.6 Å². The van der Waals surface area contributed by atoms with Crippen LogP contribution in [0.1, 0.15) is 26.7 Å². The molecule has 0 saturated carbocycles. The van der Waals surface area contributed by atoms with Gasteiger partial charge in [-0.2, -0.15) is 0 Å². The second-order valence-electron chi connectivity index (χ2n) is 5.65. The first-order valence-corrected chi connectivity index (χ1v) is 6.88. The van der Waals surface area contributed by atoms with Crippen LogP contribution in [-0.4, -0.2) is 61.0 Å². The van der Waals surface area contributed by atoms with E-state index in [-0.39, 0.29) is 12.4 Å². The van der Waals surface area contributed by atoms with Gasteiger partial charge in [0.15, 0.2) is 0 Å². The third-order valence-corrected chi connectivity index (χ3v) is 3.96. The minimum atomic E-state index is 0. The molecule has 0 radical (unpaired) electrons. The van der Waals surface area contributed by atoms with Crippen LogP contribution in [-0.2, 0) is 4.79 Å². The number of likely N-dealkylation sites (tertiary alicyclic amines) is 1. The molecule has 0 unspecified atom stereocenters. The van der Waals surface area contributed by atoms with Crippen LogP contribution in [0.3, 0.4) is 0 Å². The summed E-state index contributed by atoms with van der Waals surface area (Å²) >= 11 is 0. The second-order valence-corrected chi connectivity index (χ2v) is 5.65. The van der Waals surface area contributed by atoms with Gasteiger partial charge in [-0.15, -0.1) is 12.4 Å². The lowest BCUT2D eigenvalue weighted by atomic mass is 9.99. The van der Waals surface area contributed by atoms with Gasteiger partial charge in [0.1, 0.15) is 0 Å². The molecule has 2 saturated heterocycles. The molecule has 2 fully saturated rings. The fourth-order valence-electron chi connectivity index (χ4n) is 2.67. The summed E-state index contributed by atoms with van der Waals surface area (Å²) in [7, 11) is 0. The van der Waals surface area contributed by atoms with E-state index in [2.05, 4.69) is 24.1 Å². The SMILES string of the molecule is CC1CCN(CC(=O)N2CCN[C@H](C)C2)CC1.Cl. The molecule has 0 bridgehead atoms. The molecule has 2 rings (SSSR count). The molecule has 5 heteroatoms. The first-order chi connectivity index (χ1) is 8.15. The first kappa shape index (κ1) is 15.7. The zero-order valence-electron chi connectivity index (χ0n) is 11.5. The summed E-state index contributed by atoms with van der Waals surface area (Å²) in [4.78, 5) is 16.5. The molecule has 0 spiro atoms. The van der Waals surface area contributed by atoms with Crippen LogP contribution in [0.25, 0.3) is 0 Å². The summed E-state index contributed by atoms with van der Waals surface area (Å²) in [5.74, 6) is 1.15. The Labute approximate surface area is 116 Å². The Kier molecular flexibility index (Phi) is 6.39. The summed E-state index contributed by atoms with van der Waals surface area (Å²) in [5, 5.41) is 3.37. The Morgan fingerprint density at radius 1 is 1.22 bits per heavy atom. The van der Waals surface area contributed by atoms with Gasteiger partial charge in [-0.05, 0) is 38.8 Å². The summed E-state index contributed by atoms with van der Waals surface area (Å²) in [6.07, 6.45) is 2.48. The predicted molar refractivity (Wildman–Crippen MR) is 76.1 cm³/mol. The van der Waals surface area contributed by atoms with Crippen LogP contribution in [0.15, 0.2) is 0 Å². The highest BCUT2D eigenvalue weighted by Crippen LogP contribution is 2.15. The second kappa shape index (κ2) is 7.31. The van der Waals surface area contributed by atoms with Crippen molar-refractivity contribution < 1.29 is 4.79 Å². The van der Waals surface area contributed by atoms with Gasteiger partial charge in [0.25, 0.3) is 0 Å². The minimum absolute atomic E-state index is 0. The lowest BCUT2D eigenvalue weighted by Crippen LogP contribution is -2.53. The summed E-state index contributed by atoms with van der Waals surface area (Å²) in [5.41, 5.74) is 0. The van der Waals surface area contributed by atoms with Crippen LogP contribution >= 0.6 is 12.4 Å². The molecule has 1 N–H and O–H groups in total. The average Bonchev–Trinajstić information content (AvgIpc) is 2.32. The van der Waals surface area contributed by atoms with Gasteiger partial charge in [-0.25, -0.2) is 0 Å². The number of nitrogens with one attached hydrogen (secondary N) is 1. The van der Waals surface area contributed by atoms with Gasteiger partial charge >= 0.3 is 0 Å². The van der Waals surface area contributed by atoms with E-state index < -0.39 is 0 Å². The largest absolute Gasteiger partial charge is 0.339 e. The maximum absolute atomic E-state index is 12.1. The summed E-state index contributed by atoms with van der Waals surface area (Å²) in [6.45, 7) is 9.92. The number of hydrogen-bond donors (Lipinski definition) is 1. The maximum Gasteiger partial charge on any atom is 0.236 e. The Morgan fingerprint density at radius 2 is 1.89 bits per heavy atom. The molecule has 106 valence electrons. The number of carbonyl (C=O) groups is 1. The van der Waals surface area contributed by atoms with Crippen molar-refractivity contribution in [3.63, 3.8) is 0 Å². The highest BCUT2D eigenvalue weighted by atomic mass is 35.5. The zero-order chi connectivity index (χ0) is 12.3. The number of piperazine rings is 1. The lowest BCUT2D eigenvalue weighted by molar-refractivity contribution is -0.133. The van der Waals surface area contributed by atoms with Crippen LogP contribution in [0.4, 0.5) is 0 Å². The third-order valence-electron chi connectivity index (χ3n) is 3.96. The number of rotatable bonds is 2. The van der Waals surface area contributed by atoms with Crippen molar-refractivity contribution in [3.05, 3.63) is 0 Å². The van der Waals surface area contributed by atoms with Gasteiger partial charge in [0.2, 0.25) is 5.91 Å². The monoisotopic (exact) mass is 275 g/mol. The number of nitrogens with zero attached hydrogens (tertiary/aromatic N) is 2. The molecule has 4 nitrogen and oxygen atoms in total. The van der Waals surface area contributed by atoms with E-state index in [1.165, 1.54) is 12.8 Å². The molecular weight excluding hydrogens is 250 g/mol. The molecule has 0 aromatic carbocycles. The molecule has 2 aliphatic rings. The van der Waals surface area contributed by atoms with Crippen molar-refractivity contribution in [2.75, 3.05) is 39.3 Å². The molecule has 0 aromatic rings. The lowest BCUT2D eigenvalue weighted by Gasteiger charge is -2.35. The van der Waals surface area contributed by atoms with Crippen LogP contribution in [0.5, 0.6) is 0 Å². The van der Waals surface area contributed by atoms with Crippen LogP contribution < -0.4 is 5.32 Å². The minimum Gasteiger partial charge on any atom is -0.339 e. The molecule has 0 aromatic heterocycles. The van der Waals surface area contributed by atoms with E-state index in [9.17, 15) is 4.79 Å². The van der Waals surface area contributed by atoms with E-state index in [1.54, 1.807) is 0 Å². The Balaban J connectivity index is 0.00000162. The Morgan fingerprint density at radius 3 is 2.50 bits per heavy atom. The van der Waals surface area contributed by atoms with Crippen molar-refractivity contribution >= 4 is 18.3 Å². The molecule has 18 heavy (non-hydrogen) atoms. The highest BCUT2D eigenvalue weighted by molar-refractivity contribution is 5.85. The number of amides is 1. The number of hydrogen-bond acceptors (Lipinski definition) is 3. The first-order valence-electron chi connectivity index (χ1n) is 6.88. The third kappa shape index (κ3) is 4.41. The van der Waals surface area contributed by atoms with Gasteiger partial charge in [-0.1, -0.05) is 6.92 Å². The van der Waals surface area contributed by atoms with Gasteiger partial charge in [0, 0.05) is 25.7 Å². The topological polar surface area (TPSA) is 35.6 Å². The smallest absolute Gasteiger partial charge is 0.236 e. The van der Waals surface area contributed by atoms with Crippen molar-refractivity contribution in [2.24, 2.45) is 5.92 Å². The van der Waals surface area contributed by atoms with Crippen LogP contribution in [0, 0.1) is 5.92 Å². The molecule has 0 aliphatic carbocycles. The van der Waals surface area contributed by atoms with E-state index in [4.69, 9.17) is 0 Å². The van der Waals surface area contributed by atoms with E-state index in [0.29, 0.717) is 18.5 Å². The standard InChI is InChI=1S/C13H25N3O.ClH/c1-11-3-6-15(7-4-11)10-13(17)16-8-5-14-12(2)9-16;/h11-12,14H,3-10H2,1-2H3;1H/t12-;/m1./s1. The quantitative estimate of drug-likeness (QED) is 0.816.